The van der Waals surface area contributed by atoms with Gasteiger partial charge in [0.05, 0.1) is 5.82 Å². The molecule has 0 aliphatic heterocycles. The van der Waals surface area contributed by atoms with Crippen molar-refractivity contribution in [1.29, 1.82) is 0 Å². The lowest BCUT2D eigenvalue weighted by Crippen LogP contribution is -2.19. The van der Waals surface area contributed by atoms with Crippen molar-refractivity contribution >= 4 is 0 Å². The van der Waals surface area contributed by atoms with Crippen molar-refractivity contribution < 1.29 is 0 Å². The molecular formula is C16H24N2. The predicted molar refractivity (Wildman–Crippen MR) is 77.6 cm³/mol. The molecule has 0 amide bonds. The highest BCUT2D eigenvalue weighted by Gasteiger charge is 2.18. The average molecular weight is 244 g/mol. The van der Waals surface area contributed by atoms with Gasteiger partial charge in [-0.2, -0.15) is 0 Å². The van der Waals surface area contributed by atoms with Gasteiger partial charge in [0.25, 0.3) is 0 Å². The van der Waals surface area contributed by atoms with E-state index in [4.69, 9.17) is 5.73 Å². The maximum absolute atomic E-state index is 5.67. The minimum Gasteiger partial charge on any atom is -0.386 e. The number of nitrogens with one attached hydrogen (secondary N) is 1. The van der Waals surface area contributed by atoms with Gasteiger partial charge in [-0.15, -0.1) is 0 Å². The first-order chi connectivity index (χ1) is 8.70. The van der Waals surface area contributed by atoms with Crippen LogP contribution in [0, 0.1) is 0 Å². The molecule has 0 radical (unpaired) electrons. The molecule has 0 bridgehead atoms. The summed E-state index contributed by atoms with van der Waals surface area (Å²) in [7, 11) is 0. The Hall–Kier alpha value is -1.44. The van der Waals surface area contributed by atoms with Gasteiger partial charge in [0.15, 0.2) is 0 Å². The highest BCUT2D eigenvalue weighted by Crippen LogP contribution is 2.35. The summed E-state index contributed by atoms with van der Waals surface area (Å²) in [5.74, 6) is 0.547. The van der Waals surface area contributed by atoms with Gasteiger partial charge in [0.2, 0.25) is 0 Å². The fourth-order valence-corrected chi connectivity index (χ4v) is 2.89. The van der Waals surface area contributed by atoms with E-state index < -0.39 is 0 Å². The van der Waals surface area contributed by atoms with Gasteiger partial charge in [0, 0.05) is 5.70 Å². The van der Waals surface area contributed by atoms with E-state index in [0.29, 0.717) is 5.82 Å². The number of rotatable bonds is 4. The lowest BCUT2D eigenvalue weighted by atomic mass is 10.0. The molecule has 0 aromatic rings. The normalized spacial score (nSPS) is 24.3. The molecule has 0 aromatic carbocycles. The molecule has 98 valence electrons. The SMILES string of the molecule is C=C(N)N/C(CC)=C1\CCC\C1=C\C1=CCCC1. The van der Waals surface area contributed by atoms with Crippen LogP contribution in [-0.2, 0) is 0 Å². The van der Waals surface area contributed by atoms with Crippen LogP contribution in [0.5, 0.6) is 0 Å². The second kappa shape index (κ2) is 5.94. The first kappa shape index (κ1) is 13.0. The van der Waals surface area contributed by atoms with E-state index in [0.717, 1.165) is 6.42 Å². The third kappa shape index (κ3) is 3.06. The minimum absolute atomic E-state index is 0.547. The Labute approximate surface area is 110 Å². The van der Waals surface area contributed by atoms with Crippen molar-refractivity contribution in [3.63, 3.8) is 0 Å². The van der Waals surface area contributed by atoms with Crippen molar-refractivity contribution in [1.82, 2.24) is 5.32 Å². The number of nitrogens with two attached hydrogens (primary N) is 1. The Morgan fingerprint density at radius 2 is 2.22 bits per heavy atom. The van der Waals surface area contributed by atoms with Crippen LogP contribution in [-0.4, -0.2) is 0 Å². The smallest absolute Gasteiger partial charge is 0.0928 e. The lowest BCUT2D eigenvalue weighted by molar-refractivity contribution is 0.846. The minimum atomic E-state index is 0.547. The topological polar surface area (TPSA) is 38.0 Å². The van der Waals surface area contributed by atoms with E-state index in [-0.39, 0.29) is 0 Å². The van der Waals surface area contributed by atoms with E-state index in [1.807, 2.05) is 0 Å². The fraction of sp³-hybridized carbons (Fsp3) is 0.500. The third-order valence-electron chi connectivity index (χ3n) is 3.73. The Kier molecular flexibility index (Phi) is 4.29. The Morgan fingerprint density at radius 1 is 1.39 bits per heavy atom. The van der Waals surface area contributed by atoms with Gasteiger partial charge in [-0.25, -0.2) is 0 Å². The average Bonchev–Trinajstić information content (AvgIpc) is 2.98. The van der Waals surface area contributed by atoms with Crippen LogP contribution in [0.3, 0.4) is 0 Å². The fourth-order valence-electron chi connectivity index (χ4n) is 2.89. The summed E-state index contributed by atoms with van der Waals surface area (Å²) in [5.41, 5.74) is 11.4. The Bertz CT molecular complexity index is 424. The first-order valence-corrected chi connectivity index (χ1v) is 7.04. The van der Waals surface area contributed by atoms with Crippen LogP contribution >= 0.6 is 0 Å². The zero-order valence-corrected chi connectivity index (χ0v) is 11.4. The van der Waals surface area contributed by atoms with Crippen LogP contribution in [0.2, 0.25) is 0 Å². The second-order valence-electron chi connectivity index (χ2n) is 5.16. The number of allylic oxidation sites excluding steroid dienone is 6. The molecule has 0 heterocycles. The van der Waals surface area contributed by atoms with Gasteiger partial charge < -0.3 is 11.1 Å². The summed E-state index contributed by atoms with van der Waals surface area (Å²) in [6, 6.07) is 0. The zero-order valence-electron chi connectivity index (χ0n) is 11.4. The van der Waals surface area contributed by atoms with Crippen LogP contribution in [0.25, 0.3) is 0 Å². The number of hydrogen-bond donors (Lipinski definition) is 2. The molecule has 0 saturated heterocycles. The van der Waals surface area contributed by atoms with Gasteiger partial charge in [-0.3, -0.25) is 0 Å². The van der Waals surface area contributed by atoms with Crippen molar-refractivity contribution in [3.8, 4) is 0 Å². The first-order valence-electron chi connectivity index (χ1n) is 7.04. The Morgan fingerprint density at radius 3 is 2.83 bits per heavy atom. The third-order valence-corrected chi connectivity index (χ3v) is 3.73. The molecule has 2 aliphatic carbocycles. The highest BCUT2D eigenvalue weighted by atomic mass is 15.0. The summed E-state index contributed by atoms with van der Waals surface area (Å²) >= 11 is 0. The summed E-state index contributed by atoms with van der Waals surface area (Å²) in [6.45, 7) is 5.91. The molecule has 0 aromatic heterocycles. The Balaban J connectivity index is 2.24. The highest BCUT2D eigenvalue weighted by molar-refractivity contribution is 5.43. The largest absolute Gasteiger partial charge is 0.386 e. The molecule has 3 N–H and O–H groups in total. The quantitative estimate of drug-likeness (QED) is 0.787. The summed E-state index contributed by atoms with van der Waals surface area (Å²) in [6.07, 6.45) is 13.2. The van der Waals surface area contributed by atoms with Crippen LogP contribution < -0.4 is 11.1 Å². The van der Waals surface area contributed by atoms with E-state index >= 15 is 0 Å². The molecule has 18 heavy (non-hydrogen) atoms. The summed E-state index contributed by atoms with van der Waals surface area (Å²) in [4.78, 5) is 0. The van der Waals surface area contributed by atoms with Crippen molar-refractivity contribution in [3.05, 3.63) is 47.0 Å². The van der Waals surface area contributed by atoms with Crippen molar-refractivity contribution in [2.24, 2.45) is 5.73 Å². The molecule has 0 spiro atoms. The molecule has 2 rings (SSSR count). The summed E-state index contributed by atoms with van der Waals surface area (Å²) < 4.78 is 0. The molecule has 0 atom stereocenters. The van der Waals surface area contributed by atoms with Gasteiger partial charge in [-0.1, -0.05) is 31.2 Å². The van der Waals surface area contributed by atoms with Gasteiger partial charge >= 0.3 is 0 Å². The molecule has 1 saturated carbocycles. The van der Waals surface area contributed by atoms with E-state index in [1.54, 1.807) is 0 Å². The van der Waals surface area contributed by atoms with E-state index in [2.05, 4.69) is 31.0 Å². The lowest BCUT2D eigenvalue weighted by Gasteiger charge is -2.13. The number of hydrogen-bond acceptors (Lipinski definition) is 2. The van der Waals surface area contributed by atoms with Gasteiger partial charge in [-0.05, 0) is 56.1 Å². The van der Waals surface area contributed by atoms with Crippen LogP contribution in [0.4, 0.5) is 0 Å². The summed E-state index contributed by atoms with van der Waals surface area (Å²) in [5, 5.41) is 3.23. The van der Waals surface area contributed by atoms with Crippen LogP contribution in [0.1, 0.15) is 51.9 Å². The van der Waals surface area contributed by atoms with Gasteiger partial charge in [0.1, 0.15) is 0 Å². The molecule has 1 fully saturated rings. The molecule has 2 aliphatic rings. The van der Waals surface area contributed by atoms with Crippen molar-refractivity contribution in [2.75, 3.05) is 0 Å². The predicted octanol–water partition coefficient (Wildman–Crippen LogP) is 3.89. The molecule has 2 heteroatoms. The monoisotopic (exact) mass is 244 g/mol. The molecule has 2 nitrogen and oxygen atoms in total. The zero-order chi connectivity index (χ0) is 13.0. The van der Waals surface area contributed by atoms with Crippen molar-refractivity contribution in [2.45, 2.75) is 51.9 Å². The maximum Gasteiger partial charge on any atom is 0.0928 e. The standard InChI is InChI=1S/C16H24N2/c1-3-16(18-12(2)17)15-10-6-9-14(15)11-13-7-4-5-8-13/h7,11,18H,2-6,8-10,17H2,1H3/b14-11-,16-15+. The molecule has 0 unspecified atom stereocenters. The van der Waals surface area contributed by atoms with Crippen LogP contribution in [0.15, 0.2) is 47.0 Å². The van der Waals surface area contributed by atoms with E-state index in [1.165, 1.54) is 60.9 Å². The molecular weight excluding hydrogens is 220 g/mol. The maximum atomic E-state index is 5.67. The second-order valence-corrected chi connectivity index (χ2v) is 5.16. The van der Waals surface area contributed by atoms with E-state index in [9.17, 15) is 0 Å².